The topological polar surface area (TPSA) is 89.9 Å². The summed E-state index contributed by atoms with van der Waals surface area (Å²) in [6.45, 7) is 3.32. The molecule has 1 rings (SSSR count). The van der Waals surface area contributed by atoms with Crippen molar-refractivity contribution in [2.24, 2.45) is 5.92 Å². The largest absolute Gasteiger partial charge is 0.479 e. The van der Waals surface area contributed by atoms with E-state index in [1.165, 1.54) is 0 Å². The molecule has 2 atom stereocenters. The SMILES string of the molecule is CC(C)[C@H]1OS(=O)(=O)O[C@@H]1C(=O)O. The summed E-state index contributed by atoms with van der Waals surface area (Å²) in [5.74, 6) is -1.57. The molecule has 1 aliphatic heterocycles. The summed E-state index contributed by atoms with van der Waals surface area (Å²) in [4.78, 5) is 10.5. The number of carboxylic acids is 1. The van der Waals surface area contributed by atoms with Crippen LogP contribution in [0.15, 0.2) is 0 Å². The molecule has 0 aromatic carbocycles. The Morgan fingerprint density at radius 3 is 2.23 bits per heavy atom. The second kappa shape index (κ2) is 3.24. The van der Waals surface area contributed by atoms with Gasteiger partial charge < -0.3 is 5.11 Å². The number of rotatable bonds is 2. The van der Waals surface area contributed by atoms with Crippen molar-refractivity contribution in [2.45, 2.75) is 26.1 Å². The predicted molar refractivity (Wildman–Crippen MR) is 41.1 cm³/mol. The quantitative estimate of drug-likeness (QED) is 0.676. The van der Waals surface area contributed by atoms with Crippen LogP contribution in [0.3, 0.4) is 0 Å². The van der Waals surface area contributed by atoms with E-state index < -0.39 is 28.6 Å². The molecular weight excluding hydrogens is 200 g/mol. The van der Waals surface area contributed by atoms with E-state index >= 15 is 0 Å². The molecule has 0 spiro atoms. The normalized spacial score (nSPS) is 32.2. The number of aliphatic carboxylic acids is 1. The standard InChI is InChI=1S/C6H10O6S/c1-3(2)4-5(6(7)8)12-13(9,10)11-4/h3-5H,1-2H3,(H,7,8)/t4-,5+/m1/s1. The minimum Gasteiger partial charge on any atom is -0.479 e. The fraction of sp³-hybridized carbons (Fsp3) is 0.833. The van der Waals surface area contributed by atoms with Gasteiger partial charge in [-0.2, -0.15) is 8.42 Å². The van der Waals surface area contributed by atoms with Gasteiger partial charge in [0, 0.05) is 0 Å². The van der Waals surface area contributed by atoms with Crippen molar-refractivity contribution in [3.8, 4) is 0 Å². The van der Waals surface area contributed by atoms with Crippen LogP contribution < -0.4 is 0 Å². The van der Waals surface area contributed by atoms with E-state index in [0.717, 1.165) is 0 Å². The van der Waals surface area contributed by atoms with Crippen LogP contribution in [0.1, 0.15) is 13.8 Å². The highest BCUT2D eigenvalue weighted by molar-refractivity contribution is 7.82. The maximum atomic E-state index is 10.8. The molecule has 0 saturated carbocycles. The van der Waals surface area contributed by atoms with Crippen molar-refractivity contribution >= 4 is 16.4 Å². The van der Waals surface area contributed by atoms with Gasteiger partial charge in [-0.3, -0.25) is 0 Å². The summed E-state index contributed by atoms with van der Waals surface area (Å²) < 4.78 is 30.2. The molecule has 0 unspecified atom stereocenters. The van der Waals surface area contributed by atoms with Crippen LogP contribution in [-0.4, -0.2) is 31.7 Å². The second-order valence-corrected chi connectivity index (χ2v) is 4.27. The fourth-order valence-corrected chi connectivity index (χ4v) is 2.12. The van der Waals surface area contributed by atoms with Gasteiger partial charge in [0.2, 0.25) is 6.10 Å². The van der Waals surface area contributed by atoms with Gasteiger partial charge in [-0.05, 0) is 5.92 Å². The average molecular weight is 210 g/mol. The minimum absolute atomic E-state index is 0.238. The molecule has 76 valence electrons. The third-order valence-corrected chi connectivity index (χ3v) is 2.55. The first-order chi connectivity index (χ1) is 5.83. The summed E-state index contributed by atoms with van der Waals surface area (Å²) in [7, 11) is -4.12. The van der Waals surface area contributed by atoms with Gasteiger partial charge in [-0.25, -0.2) is 13.2 Å². The molecule has 1 fully saturated rings. The molecule has 0 aromatic rings. The molecule has 0 bridgehead atoms. The van der Waals surface area contributed by atoms with E-state index in [0.29, 0.717) is 0 Å². The van der Waals surface area contributed by atoms with Crippen molar-refractivity contribution < 1.29 is 26.7 Å². The zero-order valence-electron chi connectivity index (χ0n) is 7.13. The highest BCUT2D eigenvalue weighted by Crippen LogP contribution is 2.26. The first-order valence-corrected chi connectivity index (χ1v) is 5.01. The van der Waals surface area contributed by atoms with Crippen LogP contribution in [0.4, 0.5) is 0 Å². The molecule has 13 heavy (non-hydrogen) atoms. The number of hydrogen-bond acceptors (Lipinski definition) is 5. The Labute approximate surface area is 75.8 Å². The zero-order valence-corrected chi connectivity index (χ0v) is 7.95. The monoisotopic (exact) mass is 210 g/mol. The first-order valence-electron chi connectivity index (χ1n) is 3.68. The van der Waals surface area contributed by atoms with Crippen molar-refractivity contribution in [3.63, 3.8) is 0 Å². The molecule has 7 heteroatoms. The lowest BCUT2D eigenvalue weighted by Crippen LogP contribution is -2.34. The lowest BCUT2D eigenvalue weighted by molar-refractivity contribution is -0.146. The van der Waals surface area contributed by atoms with Crippen LogP contribution in [0.2, 0.25) is 0 Å². The van der Waals surface area contributed by atoms with Crippen LogP contribution in [0.5, 0.6) is 0 Å². The minimum atomic E-state index is -4.12. The molecule has 1 heterocycles. The van der Waals surface area contributed by atoms with Gasteiger partial charge in [-0.1, -0.05) is 13.8 Å². The summed E-state index contributed by atoms with van der Waals surface area (Å²) in [5, 5.41) is 8.60. The Bertz CT molecular complexity index is 305. The summed E-state index contributed by atoms with van der Waals surface area (Å²) in [6.07, 6.45) is -2.37. The van der Waals surface area contributed by atoms with E-state index in [-0.39, 0.29) is 5.92 Å². The smallest absolute Gasteiger partial charge is 0.401 e. The van der Waals surface area contributed by atoms with Crippen LogP contribution >= 0.6 is 0 Å². The van der Waals surface area contributed by atoms with Crippen LogP contribution in [-0.2, 0) is 23.6 Å². The summed E-state index contributed by atoms with van der Waals surface area (Å²) in [6, 6.07) is 0. The van der Waals surface area contributed by atoms with Crippen molar-refractivity contribution in [1.82, 2.24) is 0 Å². The van der Waals surface area contributed by atoms with Gasteiger partial charge >= 0.3 is 16.4 Å². The van der Waals surface area contributed by atoms with Gasteiger partial charge in [-0.15, -0.1) is 0 Å². The fourth-order valence-electron chi connectivity index (χ4n) is 1.03. The Balaban J connectivity index is 2.90. The van der Waals surface area contributed by atoms with E-state index in [4.69, 9.17) is 5.11 Å². The highest BCUT2D eigenvalue weighted by Gasteiger charge is 2.46. The van der Waals surface area contributed by atoms with Gasteiger partial charge in [0.1, 0.15) is 6.10 Å². The van der Waals surface area contributed by atoms with Crippen molar-refractivity contribution in [3.05, 3.63) is 0 Å². The van der Waals surface area contributed by atoms with E-state index in [1.807, 2.05) is 0 Å². The molecule has 0 amide bonds. The zero-order chi connectivity index (χ0) is 10.2. The molecule has 0 aromatic heterocycles. The first kappa shape index (κ1) is 10.4. The molecule has 1 aliphatic rings. The predicted octanol–water partition coefficient (Wildman–Crippen LogP) is -0.244. The lowest BCUT2D eigenvalue weighted by atomic mass is 10.0. The van der Waals surface area contributed by atoms with Crippen molar-refractivity contribution in [1.29, 1.82) is 0 Å². The number of hydrogen-bond donors (Lipinski definition) is 1. The van der Waals surface area contributed by atoms with E-state index in [9.17, 15) is 13.2 Å². The maximum Gasteiger partial charge on any atom is 0.401 e. The summed E-state index contributed by atoms with van der Waals surface area (Å²) >= 11 is 0. The van der Waals surface area contributed by atoms with Crippen molar-refractivity contribution in [2.75, 3.05) is 0 Å². The number of carboxylic acid groups (broad SMARTS) is 1. The Morgan fingerprint density at radius 2 is 1.92 bits per heavy atom. The van der Waals surface area contributed by atoms with Gasteiger partial charge in [0.05, 0.1) is 0 Å². The molecule has 1 saturated heterocycles. The molecular formula is C6H10O6S. The average Bonchev–Trinajstić information content (AvgIpc) is 2.26. The third-order valence-electron chi connectivity index (χ3n) is 1.65. The Kier molecular flexibility index (Phi) is 2.60. The Morgan fingerprint density at radius 1 is 1.38 bits per heavy atom. The van der Waals surface area contributed by atoms with Crippen LogP contribution in [0, 0.1) is 5.92 Å². The highest BCUT2D eigenvalue weighted by atomic mass is 32.3. The van der Waals surface area contributed by atoms with Gasteiger partial charge in [0.15, 0.2) is 0 Å². The van der Waals surface area contributed by atoms with Gasteiger partial charge in [0.25, 0.3) is 0 Å². The molecule has 0 radical (unpaired) electrons. The molecule has 6 nitrogen and oxygen atoms in total. The third kappa shape index (κ3) is 2.17. The Hall–Kier alpha value is -0.660. The molecule has 1 N–H and O–H groups in total. The van der Waals surface area contributed by atoms with E-state index in [2.05, 4.69) is 8.37 Å². The number of carbonyl (C=O) groups is 1. The molecule has 0 aliphatic carbocycles. The maximum absolute atomic E-state index is 10.8. The second-order valence-electron chi connectivity index (χ2n) is 3.07. The lowest BCUT2D eigenvalue weighted by Gasteiger charge is -2.13. The van der Waals surface area contributed by atoms with E-state index in [1.54, 1.807) is 13.8 Å². The summed E-state index contributed by atoms with van der Waals surface area (Å²) in [5.41, 5.74) is 0. The van der Waals surface area contributed by atoms with Crippen LogP contribution in [0.25, 0.3) is 0 Å².